The molecule has 0 aromatic rings. The second-order valence-electron chi connectivity index (χ2n) is 4.00. The molecular formula is C13H17NO5. The lowest BCUT2D eigenvalue weighted by atomic mass is 9.90. The van der Waals surface area contributed by atoms with Gasteiger partial charge in [0.1, 0.15) is 17.7 Å². The van der Waals surface area contributed by atoms with Gasteiger partial charge in [-0.3, -0.25) is 0 Å². The van der Waals surface area contributed by atoms with E-state index in [0.29, 0.717) is 0 Å². The standard InChI is InChI=1S/C13H17NO5/c1-6-11(16)18-9(3)13(5,14-8-15)10(4)19-12(17)7-2/h6-7,9-10H,1-2H2,3-5H3. The number of hydrogen-bond acceptors (Lipinski definition) is 6. The van der Waals surface area contributed by atoms with Crippen molar-refractivity contribution in [3.63, 3.8) is 0 Å². The van der Waals surface area contributed by atoms with Crippen LogP contribution in [0.3, 0.4) is 0 Å². The first kappa shape index (κ1) is 16.8. The minimum Gasteiger partial charge on any atom is -0.457 e. The van der Waals surface area contributed by atoms with Crippen molar-refractivity contribution >= 4 is 18.0 Å². The first-order valence-electron chi connectivity index (χ1n) is 5.57. The molecule has 104 valence electrons. The Morgan fingerprint density at radius 1 is 1.16 bits per heavy atom. The van der Waals surface area contributed by atoms with Crippen LogP contribution in [0.1, 0.15) is 20.8 Å². The Morgan fingerprint density at radius 3 is 1.79 bits per heavy atom. The molecule has 0 rings (SSSR count). The van der Waals surface area contributed by atoms with Crippen molar-refractivity contribution in [2.24, 2.45) is 4.99 Å². The topological polar surface area (TPSA) is 82.0 Å². The van der Waals surface area contributed by atoms with Crippen molar-refractivity contribution in [2.45, 2.75) is 38.5 Å². The Kier molecular flexibility index (Phi) is 6.44. The van der Waals surface area contributed by atoms with E-state index < -0.39 is 29.7 Å². The molecule has 0 aromatic carbocycles. The molecule has 2 unspecified atom stereocenters. The Balaban J connectivity index is 5.16. The van der Waals surface area contributed by atoms with E-state index in [4.69, 9.17) is 9.47 Å². The molecular weight excluding hydrogens is 250 g/mol. The summed E-state index contributed by atoms with van der Waals surface area (Å²) in [5, 5.41) is 0. The maximum Gasteiger partial charge on any atom is 0.330 e. The first-order chi connectivity index (χ1) is 8.81. The SMILES string of the molecule is C=CC(=O)OC(C)C(C)(N=C=O)C(C)OC(=O)C=C. The van der Waals surface area contributed by atoms with E-state index in [-0.39, 0.29) is 0 Å². The predicted molar refractivity (Wildman–Crippen MR) is 68.0 cm³/mol. The lowest BCUT2D eigenvalue weighted by Crippen LogP contribution is -2.49. The molecule has 0 aliphatic carbocycles. The second-order valence-corrected chi connectivity index (χ2v) is 4.00. The van der Waals surface area contributed by atoms with E-state index in [1.807, 2.05) is 0 Å². The average Bonchev–Trinajstić information content (AvgIpc) is 2.38. The number of carbonyl (C=O) groups excluding carboxylic acids is 3. The summed E-state index contributed by atoms with van der Waals surface area (Å²) in [4.78, 5) is 36.5. The number of rotatable bonds is 7. The summed E-state index contributed by atoms with van der Waals surface area (Å²) in [6.45, 7) is 11.1. The zero-order chi connectivity index (χ0) is 15.1. The number of esters is 2. The van der Waals surface area contributed by atoms with Gasteiger partial charge >= 0.3 is 11.9 Å². The van der Waals surface area contributed by atoms with Gasteiger partial charge in [0.2, 0.25) is 6.08 Å². The maximum absolute atomic E-state index is 11.2. The number of hydrogen-bond donors (Lipinski definition) is 0. The minimum absolute atomic E-state index is 0.665. The van der Waals surface area contributed by atoms with Crippen LogP contribution in [0.2, 0.25) is 0 Å². The Labute approximate surface area is 111 Å². The smallest absolute Gasteiger partial charge is 0.330 e. The van der Waals surface area contributed by atoms with Crippen LogP contribution in [-0.2, 0) is 23.9 Å². The molecule has 0 N–H and O–H groups in total. The van der Waals surface area contributed by atoms with Crippen LogP contribution in [0.25, 0.3) is 0 Å². The third-order valence-electron chi connectivity index (χ3n) is 2.85. The van der Waals surface area contributed by atoms with Gasteiger partial charge in [-0.15, -0.1) is 0 Å². The Hall–Kier alpha value is -2.20. The van der Waals surface area contributed by atoms with Crippen molar-refractivity contribution in [2.75, 3.05) is 0 Å². The molecule has 0 aliphatic heterocycles. The second kappa shape index (κ2) is 7.28. The molecule has 0 aliphatic rings. The van der Waals surface area contributed by atoms with Gasteiger partial charge in [0, 0.05) is 12.2 Å². The van der Waals surface area contributed by atoms with Crippen LogP contribution in [-0.4, -0.2) is 35.8 Å². The normalized spacial score (nSPS) is 15.9. The third-order valence-corrected chi connectivity index (χ3v) is 2.85. The summed E-state index contributed by atoms with van der Waals surface area (Å²) < 4.78 is 10.0. The fourth-order valence-corrected chi connectivity index (χ4v) is 1.29. The van der Waals surface area contributed by atoms with Crippen LogP contribution >= 0.6 is 0 Å². The average molecular weight is 267 g/mol. The number of ether oxygens (including phenoxy) is 2. The molecule has 0 spiro atoms. The van der Waals surface area contributed by atoms with Gasteiger partial charge in [-0.25, -0.2) is 14.4 Å². The quantitative estimate of drug-likeness (QED) is 0.301. The molecule has 0 bridgehead atoms. The van der Waals surface area contributed by atoms with Crippen LogP contribution in [0.5, 0.6) is 0 Å². The first-order valence-corrected chi connectivity index (χ1v) is 5.57. The largest absolute Gasteiger partial charge is 0.457 e. The summed E-state index contributed by atoms with van der Waals surface area (Å²) in [5.74, 6) is -1.33. The van der Waals surface area contributed by atoms with Crippen molar-refractivity contribution in [1.82, 2.24) is 0 Å². The number of aliphatic imine (C=N–C) groups is 1. The number of carbonyl (C=O) groups is 2. The maximum atomic E-state index is 11.2. The summed E-state index contributed by atoms with van der Waals surface area (Å²) in [5.41, 5.74) is -1.25. The van der Waals surface area contributed by atoms with Crippen molar-refractivity contribution in [3.8, 4) is 0 Å². The Morgan fingerprint density at radius 2 is 1.53 bits per heavy atom. The summed E-state index contributed by atoms with van der Waals surface area (Å²) in [7, 11) is 0. The fraction of sp³-hybridized carbons (Fsp3) is 0.462. The van der Waals surface area contributed by atoms with Gasteiger partial charge in [-0.1, -0.05) is 13.2 Å². The van der Waals surface area contributed by atoms with Crippen LogP contribution < -0.4 is 0 Å². The van der Waals surface area contributed by atoms with E-state index >= 15 is 0 Å². The fourth-order valence-electron chi connectivity index (χ4n) is 1.29. The molecule has 0 fully saturated rings. The van der Waals surface area contributed by atoms with Crippen molar-refractivity contribution < 1.29 is 23.9 Å². The van der Waals surface area contributed by atoms with E-state index in [0.717, 1.165) is 12.2 Å². The van der Waals surface area contributed by atoms with Crippen molar-refractivity contribution in [1.29, 1.82) is 0 Å². The highest BCUT2D eigenvalue weighted by Gasteiger charge is 2.41. The molecule has 19 heavy (non-hydrogen) atoms. The van der Waals surface area contributed by atoms with Gasteiger partial charge < -0.3 is 9.47 Å². The molecule has 0 radical (unpaired) electrons. The number of nitrogens with zero attached hydrogens (tertiary/aromatic N) is 1. The Bertz CT molecular complexity index is 395. The summed E-state index contributed by atoms with van der Waals surface area (Å²) in [6.07, 6.45) is 1.74. The molecule has 0 amide bonds. The summed E-state index contributed by atoms with van der Waals surface area (Å²) in [6, 6.07) is 0. The summed E-state index contributed by atoms with van der Waals surface area (Å²) >= 11 is 0. The molecule has 0 saturated heterocycles. The van der Waals surface area contributed by atoms with Gasteiger partial charge in [0.25, 0.3) is 0 Å². The van der Waals surface area contributed by atoms with E-state index in [1.165, 1.54) is 26.9 Å². The van der Waals surface area contributed by atoms with Gasteiger partial charge in [0.15, 0.2) is 0 Å². The highest BCUT2D eigenvalue weighted by Crippen LogP contribution is 2.25. The molecule has 6 nitrogen and oxygen atoms in total. The molecule has 0 saturated carbocycles. The molecule has 0 aromatic heterocycles. The van der Waals surface area contributed by atoms with Gasteiger partial charge in [0.05, 0.1) is 0 Å². The molecule has 2 atom stereocenters. The van der Waals surface area contributed by atoms with Crippen molar-refractivity contribution in [3.05, 3.63) is 25.3 Å². The third kappa shape index (κ3) is 4.52. The van der Waals surface area contributed by atoms with Crippen LogP contribution in [0.15, 0.2) is 30.3 Å². The monoisotopic (exact) mass is 267 g/mol. The zero-order valence-corrected chi connectivity index (χ0v) is 11.2. The van der Waals surface area contributed by atoms with Crippen LogP contribution in [0.4, 0.5) is 0 Å². The van der Waals surface area contributed by atoms with E-state index in [1.54, 1.807) is 0 Å². The van der Waals surface area contributed by atoms with E-state index in [2.05, 4.69) is 18.2 Å². The zero-order valence-electron chi connectivity index (χ0n) is 11.2. The van der Waals surface area contributed by atoms with Gasteiger partial charge in [-0.2, -0.15) is 4.99 Å². The van der Waals surface area contributed by atoms with Crippen LogP contribution in [0, 0.1) is 0 Å². The minimum atomic E-state index is -1.25. The molecule has 0 heterocycles. The van der Waals surface area contributed by atoms with E-state index in [9.17, 15) is 14.4 Å². The highest BCUT2D eigenvalue weighted by molar-refractivity contribution is 5.82. The highest BCUT2D eigenvalue weighted by atomic mass is 16.6. The number of isocyanates is 1. The lowest BCUT2D eigenvalue weighted by molar-refractivity contribution is -0.154. The lowest BCUT2D eigenvalue weighted by Gasteiger charge is -2.34. The van der Waals surface area contributed by atoms with Gasteiger partial charge in [-0.05, 0) is 20.8 Å². The molecule has 6 heteroatoms. The predicted octanol–water partition coefficient (Wildman–Crippen LogP) is 1.32.